The maximum absolute atomic E-state index is 13.1. The maximum atomic E-state index is 13.1. The van der Waals surface area contributed by atoms with Crippen LogP contribution >= 0.6 is 0 Å². The van der Waals surface area contributed by atoms with Crippen LogP contribution < -0.4 is 0 Å². The van der Waals surface area contributed by atoms with Gasteiger partial charge in [-0.2, -0.15) is 0 Å². The van der Waals surface area contributed by atoms with Crippen molar-refractivity contribution in [2.45, 2.75) is 237 Å². The number of unbranched alkanes of at least 4 members (excludes halogenated alkanes) is 12. The molecule has 422 valence electrons. The minimum atomic E-state index is -1.93. The zero-order valence-corrected chi connectivity index (χ0v) is 46.2. The van der Waals surface area contributed by atoms with Gasteiger partial charge in [0.05, 0.1) is 6.61 Å². The van der Waals surface area contributed by atoms with E-state index in [1.165, 1.54) is 19.3 Å². The Morgan fingerprint density at radius 2 is 0.840 bits per heavy atom. The van der Waals surface area contributed by atoms with E-state index in [-0.39, 0.29) is 25.9 Å². The van der Waals surface area contributed by atoms with Gasteiger partial charge in [-0.3, -0.25) is 14.4 Å². The number of carboxylic acid groups (broad SMARTS) is 1. The van der Waals surface area contributed by atoms with Crippen LogP contribution in [0, 0.1) is 0 Å². The van der Waals surface area contributed by atoms with Crippen LogP contribution in [0.3, 0.4) is 0 Å². The first-order valence-corrected chi connectivity index (χ1v) is 28.5. The molecule has 1 fully saturated rings. The number of esters is 3. The van der Waals surface area contributed by atoms with E-state index in [4.69, 9.17) is 23.7 Å². The van der Waals surface area contributed by atoms with Crippen LogP contribution in [0.4, 0.5) is 0 Å². The van der Waals surface area contributed by atoms with Crippen LogP contribution in [0.25, 0.3) is 0 Å². The van der Waals surface area contributed by atoms with Crippen molar-refractivity contribution in [1.82, 2.24) is 0 Å². The van der Waals surface area contributed by atoms with Gasteiger partial charge >= 0.3 is 23.9 Å². The van der Waals surface area contributed by atoms with Gasteiger partial charge in [-0.25, -0.2) is 4.79 Å². The summed E-state index contributed by atoms with van der Waals surface area (Å²) in [6.07, 6.45) is 56.0. The predicted molar refractivity (Wildman–Crippen MR) is 303 cm³/mol. The number of ether oxygens (including phenoxy) is 5. The molecule has 6 unspecified atom stereocenters. The molecule has 6 atom stereocenters. The maximum Gasteiger partial charge on any atom is 0.335 e. The summed E-state index contributed by atoms with van der Waals surface area (Å²) in [5, 5.41) is 31.4. The Morgan fingerprint density at radius 3 is 1.31 bits per heavy atom. The van der Waals surface area contributed by atoms with Crippen molar-refractivity contribution in [1.29, 1.82) is 0 Å². The Bertz CT molecular complexity index is 1770. The number of carboxylic acids is 1. The van der Waals surface area contributed by atoms with Crippen molar-refractivity contribution < 1.29 is 58.2 Å². The second kappa shape index (κ2) is 50.0. The highest BCUT2D eigenvalue weighted by molar-refractivity contribution is 5.74. The van der Waals surface area contributed by atoms with E-state index in [0.29, 0.717) is 19.3 Å². The molecule has 0 aromatic rings. The third kappa shape index (κ3) is 40.1. The zero-order chi connectivity index (χ0) is 54.7. The van der Waals surface area contributed by atoms with E-state index >= 15 is 0 Å². The van der Waals surface area contributed by atoms with Crippen molar-refractivity contribution in [3.63, 3.8) is 0 Å². The summed E-state index contributed by atoms with van der Waals surface area (Å²) in [4.78, 5) is 51.0. The van der Waals surface area contributed by atoms with Gasteiger partial charge in [0, 0.05) is 19.3 Å². The third-order valence-corrected chi connectivity index (χ3v) is 12.0. The van der Waals surface area contributed by atoms with E-state index in [9.17, 15) is 34.5 Å². The quantitative estimate of drug-likeness (QED) is 0.0228. The van der Waals surface area contributed by atoms with Crippen molar-refractivity contribution in [2.75, 3.05) is 13.2 Å². The molecule has 0 aromatic carbocycles. The monoisotopic (exact) mass is 1050 g/mol. The minimum Gasteiger partial charge on any atom is -0.479 e. The van der Waals surface area contributed by atoms with Crippen molar-refractivity contribution in [3.05, 3.63) is 122 Å². The Morgan fingerprint density at radius 1 is 0.453 bits per heavy atom. The van der Waals surface area contributed by atoms with E-state index in [1.807, 2.05) is 0 Å². The fourth-order valence-corrected chi connectivity index (χ4v) is 7.67. The Hall–Kier alpha value is -4.88. The Balaban J connectivity index is 2.78. The van der Waals surface area contributed by atoms with Gasteiger partial charge in [-0.1, -0.05) is 174 Å². The van der Waals surface area contributed by atoms with Gasteiger partial charge in [-0.05, 0) is 128 Å². The van der Waals surface area contributed by atoms with Crippen molar-refractivity contribution in [2.24, 2.45) is 0 Å². The highest BCUT2D eigenvalue weighted by atomic mass is 16.7. The van der Waals surface area contributed by atoms with E-state index in [1.54, 1.807) is 0 Å². The molecule has 12 heteroatoms. The highest BCUT2D eigenvalue weighted by Crippen LogP contribution is 2.26. The molecule has 1 heterocycles. The van der Waals surface area contributed by atoms with Crippen LogP contribution in [-0.2, 0) is 42.9 Å². The first kappa shape index (κ1) is 68.1. The summed E-state index contributed by atoms with van der Waals surface area (Å²) in [5.74, 6) is -3.27. The average molecular weight is 1050 g/mol. The van der Waals surface area contributed by atoms with Gasteiger partial charge in [-0.15, -0.1) is 0 Å². The van der Waals surface area contributed by atoms with Gasteiger partial charge in [0.1, 0.15) is 18.8 Å². The number of carbonyl (C=O) groups excluding carboxylic acids is 3. The number of hydrogen-bond donors (Lipinski definition) is 3. The van der Waals surface area contributed by atoms with Gasteiger partial charge in [0.15, 0.2) is 24.6 Å². The number of aliphatic hydroxyl groups excluding tert-OH is 2. The molecular weight excluding hydrogens is 949 g/mol. The van der Waals surface area contributed by atoms with Crippen LogP contribution in [0.2, 0.25) is 0 Å². The lowest BCUT2D eigenvalue weighted by Crippen LogP contribution is -2.61. The Kier molecular flexibility index (Phi) is 45.4. The number of aliphatic hydroxyl groups is 2. The molecule has 75 heavy (non-hydrogen) atoms. The lowest BCUT2D eigenvalue weighted by atomic mass is 9.98. The number of carbonyl (C=O) groups is 4. The molecule has 1 aliphatic heterocycles. The van der Waals surface area contributed by atoms with Gasteiger partial charge in [0.2, 0.25) is 0 Å². The normalized spacial score (nSPS) is 19.1. The summed E-state index contributed by atoms with van der Waals surface area (Å²) in [7, 11) is 0. The van der Waals surface area contributed by atoms with E-state index in [2.05, 4.69) is 142 Å². The lowest BCUT2D eigenvalue weighted by Gasteiger charge is -2.40. The summed E-state index contributed by atoms with van der Waals surface area (Å²) in [5.41, 5.74) is 0. The third-order valence-electron chi connectivity index (χ3n) is 12.0. The number of hydrogen-bond acceptors (Lipinski definition) is 11. The van der Waals surface area contributed by atoms with Crippen LogP contribution in [0.15, 0.2) is 122 Å². The molecule has 0 saturated carbocycles. The zero-order valence-electron chi connectivity index (χ0n) is 46.2. The van der Waals surface area contributed by atoms with Gasteiger partial charge in [0.25, 0.3) is 0 Å². The number of allylic oxidation sites excluding steroid dienone is 20. The van der Waals surface area contributed by atoms with Gasteiger partial charge < -0.3 is 39.0 Å². The molecular formula is C63H98O12. The molecule has 1 saturated heterocycles. The first-order chi connectivity index (χ1) is 36.6. The fraction of sp³-hybridized carbons (Fsp3) is 0.619. The summed E-state index contributed by atoms with van der Waals surface area (Å²) < 4.78 is 28.3. The summed E-state index contributed by atoms with van der Waals surface area (Å²) in [6.45, 7) is 5.63. The molecule has 0 radical (unpaired) electrons. The molecule has 1 rings (SSSR count). The van der Waals surface area contributed by atoms with Crippen LogP contribution in [-0.4, -0.2) is 89.2 Å². The van der Waals surface area contributed by atoms with E-state index < -0.39 is 67.3 Å². The molecule has 1 aliphatic rings. The summed E-state index contributed by atoms with van der Waals surface area (Å²) >= 11 is 0. The number of rotatable bonds is 46. The highest BCUT2D eigenvalue weighted by Gasteiger charge is 2.50. The predicted octanol–water partition coefficient (Wildman–Crippen LogP) is 14.4. The average Bonchev–Trinajstić information content (AvgIpc) is 3.39. The molecule has 12 nitrogen and oxygen atoms in total. The second-order valence-electron chi connectivity index (χ2n) is 18.8. The molecule has 0 aromatic heterocycles. The Labute approximate surface area is 452 Å². The molecule has 3 N–H and O–H groups in total. The standard InChI is InChI=1S/C63H98O12/c1-4-7-10-13-16-19-22-25-28-31-34-37-40-43-46-49-55(64)71-52-54(73-56(65)50-47-44-41-38-35-32-29-26-23-20-17-14-11-8-5-2)53-72-63-61(59(68)58(67)60(75-63)62(69)70)74-57(66)51-48-45-42-39-36-33-30-27-24-21-18-15-12-9-6-3/h7-8,10-11,16-21,25-30,34-35,37-38,54,58-61,63,67-68H,4-6,9,12-15,22-24,31-33,36,39-53H2,1-3H3,(H,69,70)/b10-7-,11-8-,19-16-,20-17-,21-18-,28-25-,29-26-,30-27-,37-34-,38-35-. The van der Waals surface area contributed by atoms with Crippen molar-refractivity contribution in [3.8, 4) is 0 Å². The molecule has 0 bridgehead atoms. The molecule has 0 spiro atoms. The topological polar surface area (TPSA) is 175 Å². The lowest BCUT2D eigenvalue weighted by molar-refractivity contribution is -0.301. The van der Waals surface area contributed by atoms with Crippen molar-refractivity contribution >= 4 is 23.9 Å². The molecule has 0 amide bonds. The van der Waals surface area contributed by atoms with Crippen LogP contribution in [0.1, 0.15) is 201 Å². The SMILES string of the molecule is CC/C=C\C/C=C\C/C=C\C/C=C\CCCCC(=O)OCC(COC1OC(C(=O)O)C(O)C(O)C1OC(=O)CCCCCCC/C=C\C/C=C\CCCCC)OC(=O)CCCC/C=C\C/C=C\C/C=C\C/C=C\CC. The molecule has 0 aliphatic carbocycles. The summed E-state index contributed by atoms with van der Waals surface area (Å²) in [6, 6.07) is 0. The fourth-order valence-electron chi connectivity index (χ4n) is 7.67. The minimum absolute atomic E-state index is 0.0286. The number of aliphatic carboxylic acids is 1. The smallest absolute Gasteiger partial charge is 0.335 e. The largest absolute Gasteiger partial charge is 0.479 e. The first-order valence-electron chi connectivity index (χ1n) is 28.5. The van der Waals surface area contributed by atoms with E-state index in [0.717, 1.165) is 122 Å². The second-order valence-corrected chi connectivity index (χ2v) is 18.8. The van der Waals surface area contributed by atoms with Crippen LogP contribution in [0.5, 0.6) is 0 Å².